The average molecular weight is 225 g/mol. The fourth-order valence-electron chi connectivity index (χ4n) is 1.43. The largest absolute Gasteiger partial charge is 0.394 e. The van der Waals surface area contributed by atoms with Crippen molar-refractivity contribution in [1.82, 2.24) is 9.97 Å². The highest BCUT2D eigenvalue weighted by Crippen LogP contribution is 2.21. The van der Waals surface area contributed by atoms with Crippen LogP contribution < -0.4 is 16.6 Å². The van der Waals surface area contributed by atoms with E-state index in [9.17, 15) is 0 Å². The van der Waals surface area contributed by atoms with Gasteiger partial charge in [0.2, 0.25) is 0 Å². The van der Waals surface area contributed by atoms with Gasteiger partial charge in [0, 0.05) is 11.6 Å². The van der Waals surface area contributed by atoms with Crippen molar-refractivity contribution in [2.75, 3.05) is 17.3 Å². The summed E-state index contributed by atoms with van der Waals surface area (Å²) in [5, 5.41) is 12.1. The van der Waals surface area contributed by atoms with Crippen LogP contribution in [-0.2, 0) is 6.42 Å². The van der Waals surface area contributed by atoms with Crippen LogP contribution in [0.1, 0.15) is 25.8 Å². The third-order valence-corrected chi connectivity index (χ3v) is 2.24. The van der Waals surface area contributed by atoms with Crippen LogP contribution in [-0.4, -0.2) is 27.7 Å². The summed E-state index contributed by atoms with van der Waals surface area (Å²) in [4.78, 5) is 8.22. The van der Waals surface area contributed by atoms with Gasteiger partial charge in [-0.2, -0.15) is 0 Å². The zero-order chi connectivity index (χ0) is 12.0. The van der Waals surface area contributed by atoms with Crippen LogP contribution in [0.15, 0.2) is 6.33 Å². The maximum atomic E-state index is 9.00. The maximum absolute atomic E-state index is 9.00. The highest BCUT2D eigenvalue weighted by molar-refractivity contribution is 5.57. The van der Waals surface area contributed by atoms with E-state index < -0.39 is 0 Å². The van der Waals surface area contributed by atoms with Gasteiger partial charge in [-0.25, -0.2) is 15.8 Å². The molecule has 1 aromatic rings. The maximum Gasteiger partial charge on any atom is 0.148 e. The summed E-state index contributed by atoms with van der Waals surface area (Å²) in [5.74, 6) is 6.75. The second kappa shape index (κ2) is 6.24. The molecular formula is C10H19N5O. The van der Waals surface area contributed by atoms with E-state index in [1.165, 1.54) is 6.33 Å². The molecule has 0 saturated heterocycles. The molecular weight excluding hydrogens is 206 g/mol. The highest BCUT2D eigenvalue weighted by atomic mass is 16.3. The fourth-order valence-corrected chi connectivity index (χ4v) is 1.43. The zero-order valence-electron chi connectivity index (χ0n) is 9.70. The van der Waals surface area contributed by atoms with Crippen molar-refractivity contribution >= 4 is 11.6 Å². The summed E-state index contributed by atoms with van der Waals surface area (Å²) in [5.41, 5.74) is 3.51. The molecule has 5 N–H and O–H groups in total. The van der Waals surface area contributed by atoms with E-state index in [1.807, 2.05) is 6.92 Å². The molecule has 1 atom stereocenters. The minimum atomic E-state index is -0.0452. The lowest BCUT2D eigenvalue weighted by Gasteiger charge is -2.16. The Kier molecular flexibility index (Phi) is 4.94. The highest BCUT2D eigenvalue weighted by Gasteiger charge is 2.11. The van der Waals surface area contributed by atoms with E-state index in [4.69, 9.17) is 10.9 Å². The molecule has 6 nitrogen and oxygen atoms in total. The lowest BCUT2D eigenvalue weighted by Crippen LogP contribution is -2.22. The van der Waals surface area contributed by atoms with E-state index >= 15 is 0 Å². The number of hydrogen-bond donors (Lipinski definition) is 4. The Balaban J connectivity index is 2.96. The lowest BCUT2D eigenvalue weighted by atomic mass is 10.1. The van der Waals surface area contributed by atoms with Gasteiger partial charge < -0.3 is 15.8 Å². The number of nitrogen functional groups attached to an aromatic ring is 1. The van der Waals surface area contributed by atoms with Gasteiger partial charge in [-0.05, 0) is 13.3 Å². The van der Waals surface area contributed by atoms with Gasteiger partial charge in [-0.15, -0.1) is 0 Å². The summed E-state index contributed by atoms with van der Waals surface area (Å²) in [7, 11) is 0. The molecule has 0 fully saturated rings. The molecule has 0 amide bonds. The molecule has 1 rings (SSSR count). The third kappa shape index (κ3) is 3.04. The van der Waals surface area contributed by atoms with Gasteiger partial charge in [0.15, 0.2) is 0 Å². The normalized spacial score (nSPS) is 12.2. The van der Waals surface area contributed by atoms with Crippen molar-refractivity contribution in [1.29, 1.82) is 0 Å². The number of aromatic nitrogens is 2. The Morgan fingerprint density at radius 3 is 2.69 bits per heavy atom. The van der Waals surface area contributed by atoms with Gasteiger partial charge in [0.1, 0.15) is 18.0 Å². The first-order valence-corrected chi connectivity index (χ1v) is 5.40. The van der Waals surface area contributed by atoms with Crippen LogP contribution >= 0.6 is 0 Å². The van der Waals surface area contributed by atoms with Crippen LogP contribution in [0.25, 0.3) is 0 Å². The Hall–Kier alpha value is -1.40. The molecule has 0 saturated carbocycles. The topological polar surface area (TPSA) is 96.1 Å². The van der Waals surface area contributed by atoms with Crippen LogP contribution in [0.5, 0.6) is 0 Å². The molecule has 1 heterocycles. The molecule has 6 heteroatoms. The predicted octanol–water partition coefficient (Wildman–Crippen LogP) is 0.507. The molecule has 16 heavy (non-hydrogen) atoms. The quantitative estimate of drug-likeness (QED) is 0.416. The number of anilines is 2. The molecule has 0 radical (unpaired) electrons. The number of nitrogens with zero attached hydrogens (tertiary/aromatic N) is 2. The van der Waals surface area contributed by atoms with Crippen LogP contribution in [0.2, 0.25) is 0 Å². The first-order valence-electron chi connectivity index (χ1n) is 5.40. The molecule has 0 aliphatic carbocycles. The minimum Gasteiger partial charge on any atom is -0.394 e. The van der Waals surface area contributed by atoms with Crippen LogP contribution in [0.3, 0.4) is 0 Å². The molecule has 0 aromatic carbocycles. The van der Waals surface area contributed by atoms with Gasteiger partial charge >= 0.3 is 0 Å². The molecule has 1 unspecified atom stereocenters. The SMILES string of the molecule is CCCc1c(NN)ncnc1NC(C)CO. The summed E-state index contributed by atoms with van der Waals surface area (Å²) in [6.07, 6.45) is 3.26. The van der Waals surface area contributed by atoms with Crippen molar-refractivity contribution in [3.05, 3.63) is 11.9 Å². The van der Waals surface area contributed by atoms with Crippen molar-refractivity contribution < 1.29 is 5.11 Å². The minimum absolute atomic E-state index is 0.0452. The smallest absolute Gasteiger partial charge is 0.148 e. The summed E-state index contributed by atoms with van der Waals surface area (Å²) in [6, 6.07) is -0.0452. The standard InChI is InChI=1S/C10H19N5O/c1-3-4-8-9(14-7(2)5-16)12-6-13-10(8)15-11/h6-7,16H,3-5,11H2,1-2H3,(H2,12,13,14,15). The van der Waals surface area contributed by atoms with E-state index in [0.29, 0.717) is 5.82 Å². The summed E-state index contributed by atoms with van der Waals surface area (Å²) >= 11 is 0. The van der Waals surface area contributed by atoms with Gasteiger partial charge in [-0.1, -0.05) is 13.3 Å². The molecule has 0 spiro atoms. The second-order valence-corrected chi connectivity index (χ2v) is 3.67. The van der Waals surface area contributed by atoms with E-state index in [1.54, 1.807) is 0 Å². The number of aliphatic hydroxyl groups excluding tert-OH is 1. The van der Waals surface area contributed by atoms with Gasteiger partial charge in [0.25, 0.3) is 0 Å². The Morgan fingerprint density at radius 2 is 2.12 bits per heavy atom. The van der Waals surface area contributed by atoms with Gasteiger partial charge in [0.05, 0.1) is 6.61 Å². The molecule has 0 aliphatic rings. The third-order valence-electron chi connectivity index (χ3n) is 2.24. The number of hydrogen-bond acceptors (Lipinski definition) is 6. The van der Waals surface area contributed by atoms with Crippen LogP contribution in [0.4, 0.5) is 11.6 Å². The van der Waals surface area contributed by atoms with Gasteiger partial charge in [-0.3, -0.25) is 0 Å². The average Bonchev–Trinajstić information content (AvgIpc) is 2.31. The summed E-state index contributed by atoms with van der Waals surface area (Å²) in [6.45, 7) is 4.01. The number of hydrazine groups is 1. The van der Waals surface area contributed by atoms with E-state index in [0.717, 1.165) is 24.2 Å². The van der Waals surface area contributed by atoms with Crippen molar-refractivity contribution in [2.24, 2.45) is 5.84 Å². The number of rotatable bonds is 6. The Labute approximate surface area is 95.3 Å². The Morgan fingerprint density at radius 1 is 1.44 bits per heavy atom. The van der Waals surface area contributed by atoms with E-state index in [-0.39, 0.29) is 12.6 Å². The zero-order valence-corrected chi connectivity index (χ0v) is 9.70. The number of nitrogens with one attached hydrogen (secondary N) is 2. The second-order valence-electron chi connectivity index (χ2n) is 3.67. The van der Waals surface area contributed by atoms with Crippen molar-refractivity contribution in [3.8, 4) is 0 Å². The van der Waals surface area contributed by atoms with E-state index in [2.05, 4.69) is 27.6 Å². The predicted molar refractivity (Wildman–Crippen MR) is 64.0 cm³/mol. The van der Waals surface area contributed by atoms with Crippen molar-refractivity contribution in [3.63, 3.8) is 0 Å². The van der Waals surface area contributed by atoms with Crippen LogP contribution in [0, 0.1) is 0 Å². The fraction of sp³-hybridized carbons (Fsp3) is 0.600. The molecule has 0 aliphatic heterocycles. The Bertz CT molecular complexity index is 331. The number of aliphatic hydroxyl groups is 1. The lowest BCUT2D eigenvalue weighted by molar-refractivity contribution is 0.281. The summed E-state index contributed by atoms with van der Waals surface area (Å²) < 4.78 is 0. The molecule has 0 bridgehead atoms. The van der Waals surface area contributed by atoms with Crippen molar-refractivity contribution in [2.45, 2.75) is 32.7 Å². The molecule has 90 valence electrons. The monoisotopic (exact) mass is 225 g/mol. The first-order chi connectivity index (χ1) is 7.72. The number of nitrogens with two attached hydrogens (primary N) is 1. The molecule has 1 aromatic heterocycles. The first kappa shape index (κ1) is 12.7.